The number of carbonyl (C=O) groups excluding carboxylic acids is 1. The molecule has 0 saturated heterocycles. The molecule has 0 aliphatic rings. The zero-order valence-corrected chi connectivity index (χ0v) is 10.0. The van der Waals surface area contributed by atoms with Crippen LogP contribution in [0.3, 0.4) is 0 Å². The Bertz CT molecular complexity index is 553. The van der Waals surface area contributed by atoms with Crippen LogP contribution < -0.4 is 15.8 Å². The van der Waals surface area contributed by atoms with Crippen LogP contribution in [0.5, 0.6) is 5.75 Å². The number of methoxy groups -OCH3 is 1. The highest BCUT2D eigenvalue weighted by atomic mass is 16.5. The summed E-state index contributed by atoms with van der Waals surface area (Å²) in [4.78, 5) is 12.0. The van der Waals surface area contributed by atoms with Crippen LogP contribution in [0.4, 0.5) is 11.4 Å². The van der Waals surface area contributed by atoms with Gasteiger partial charge in [0.05, 0.1) is 18.5 Å². The normalized spacial score (nSPS) is 9.83. The van der Waals surface area contributed by atoms with Crippen molar-refractivity contribution < 1.29 is 9.53 Å². The van der Waals surface area contributed by atoms with E-state index in [4.69, 9.17) is 10.5 Å². The van der Waals surface area contributed by atoms with E-state index in [0.29, 0.717) is 22.7 Å². The Balaban J connectivity index is 2.21. The molecule has 0 aliphatic carbocycles. The van der Waals surface area contributed by atoms with E-state index >= 15 is 0 Å². The number of ether oxygens (including phenoxy) is 1. The molecule has 2 aromatic rings. The van der Waals surface area contributed by atoms with Crippen molar-refractivity contribution in [2.75, 3.05) is 18.2 Å². The Hall–Kier alpha value is -2.49. The van der Waals surface area contributed by atoms with Gasteiger partial charge in [0.15, 0.2) is 0 Å². The standard InChI is InChI=1S/C14H14N2O2/c1-18-11-7-8-12(15)13(9-11)16-14(17)10-5-3-2-4-6-10/h2-9H,15H2,1H3,(H,16,17). The SMILES string of the molecule is COc1ccc(N)c(NC(=O)c2ccccc2)c1. The second-order valence-corrected chi connectivity index (χ2v) is 3.77. The van der Waals surface area contributed by atoms with E-state index in [0.717, 1.165) is 0 Å². The summed E-state index contributed by atoms with van der Waals surface area (Å²) in [5.74, 6) is 0.447. The molecular weight excluding hydrogens is 228 g/mol. The lowest BCUT2D eigenvalue weighted by molar-refractivity contribution is 0.102. The highest BCUT2D eigenvalue weighted by molar-refractivity contribution is 6.05. The summed E-state index contributed by atoms with van der Waals surface area (Å²) in [5, 5.41) is 2.76. The van der Waals surface area contributed by atoms with Gasteiger partial charge in [-0.1, -0.05) is 18.2 Å². The first-order chi connectivity index (χ1) is 8.70. The number of hydrogen-bond acceptors (Lipinski definition) is 3. The Kier molecular flexibility index (Phi) is 3.48. The molecule has 0 radical (unpaired) electrons. The molecule has 18 heavy (non-hydrogen) atoms. The van der Waals surface area contributed by atoms with Crippen molar-refractivity contribution in [3.05, 3.63) is 54.1 Å². The van der Waals surface area contributed by atoms with E-state index in [-0.39, 0.29) is 5.91 Å². The number of nitrogen functional groups attached to an aromatic ring is 1. The minimum Gasteiger partial charge on any atom is -0.497 e. The summed E-state index contributed by atoms with van der Waals surface area (Å²) < 4.78 is 5.09. The summed E-state index contributed by atoms with van der Waals surface area (Å²) in [6.07, 6.45) is 0. The van der Waals surface area contributed by atoms with Gasteiger partial charge < -0.3 is 15.8 Å². The molecule has 4 heteroatoms. The number of rotatable bonds is 3. The van der Waals surface area contributed by atoms with E-state index in [1.165, 1.54) is 0 Å². The number of carbonyl (C=O) groups is 1. The van der Waals surface area contributed by atoms with Crippen LogP contribution >= 0.6 is 0 Å². The van der Waals surface area contributed by atoms with Gasteiger partial charge in [0.1, 0.15) is 5.75 Å². The number of amides is 1. The van der Waals surface area contributed by atoms with Crippen molar-refractivity contribution in [1.82, 2.24) is 0 Å². The maximum Gasteiger partial charge on any atom is 0.255 e. The number of benzene rings is 2. The van der Waals surface area contributed by atoms with Crippen molar-refractivity contribution in [1.29, 1.82) is 0 Å². The van der Waals surface area contributed by atoms with Crippen molar-refractivity contribution >= 4 is 17.3 Å². The molecule has 0 heterocycles. The van der Waals surface area contributed by atoms with E-state index < -0.39 is 0 Å². The molecule has 0 saturated carbocycles. The van der Waals surface area contributed by atoms with Gasteiger partial charge in [-0.15, -0.1) is 0 Å². The van der Waals surface area contributed by atoms with Crippen LogP contribution in [0.1, 0.15) is 10.4 Å². The van der Waals surface area contributed by atoms with Crippen molar-refractivity contribution in [3.63, 3.8) is 0 Å². The lowest BCUT2D eigenvalue weighted by Crippen LogP contribution is -2.13. The molecule has 0 aliphatic heterocycles. The first-order valence-corrected chi connectivity index (χ1v) is 5.50. The summed E-state index contributed by atoms with van der Waals surface area (Å²) >= 11 is 0. The minimum atomic E-state index is -0.199. The van der Waals surface area contributed by atoms with Crippen LogP contribution in [-0.4, -0.2) is 13.0 Å². The fourth-order valence-corrected chi connectivity index (χ4v) is 1.55. The minimum absolute atomic E-state index is 0.199. The highest BCUT2D eigenvalue weighted by Gasteiger charge is 2.08. The third kappa shape index (κ3) is 2.60. The molecule has 0 bridgehead atoms. The number of nitrogens with one attached hydrogen (secondary N) is 1. The van der Waals surface area contributed by atoms with E-state index in [2.05, 4.69) is 5.32 Å². The summed E-state index contributed by atoms with van der Waals surface area (Å²) in [5.41, 5.74) is 7.43. The average molecular weight is 242 g/mol. The molecule has 0 unspecified atom stereocenters. The van der Waals surface area contributed by atoms with Gasteiger partial charge in [-0.25, -0.2) is 0 Å². The fraction of sp³-hybridized carbons (Fsp3) is 0.0714. The van der Waals surface area contributed by atoms with Gasteiger partial charge in [0.2, 0.25) is 0 Å². The fourth-order valence-electron chi connectivity index (χ4n) is 1.55. The molecule has 4 nitrogen and oxygen atoms in total. The lowest BCUT2D eigenvalue weighted by Gasteiger charge is -2.09. The highest BCUT2D eigenvalue weighted by Crippen LogP contribution is 2.24. The van der Waals surface area contributed by atoms with Crippen LogP contribution in [-0.2, 0) is 0 Å². The Morgan fingerprint density at radius 2 is 1.89 bits per heavy atom. The van der Waals surface area contributed by atoms with Crippen LogP contribution in [0, 0.1) is 0 Å². The Labute approximate surface area is 105 Å². The Morgan fingerprint density at radius 3 is 2.56 bits per heavy atom. The molecule has 2 aromatic carbocycles. The molecule has 92 valence electrons. The van der Waals surface area contributed by atoms with E-state index in [1.807, 2.05) is 18.2 Å². The van der Waals surface area contributed by atoms with Gasteiger partial charge in [0, 0.05) is 11.6 Å². The monoisotopic (exact) mass is 242 g/mol. The molecule has 3 N–H and O–H groups in total. The van der Waals surface area contributed by atoms with Crippen LogP contribution in [0.2, 0.25) is 0 Å². The second-order valence-electron chi connectivity index (χ2n) is 3.77. The van der Waals surface area contributed by atoms with Crippen LogP contribution in [0.15, 0.2) is 48.5 Å². The molecule has 1 amide bonds. The maximum absolute atomic E-state index is 12.0. The summed E-state index contributed by atoms with van der Waals surface area (Å²) in [6, 6.07) is 14.1. The third-order valence-corrected chi connectivity index (χ3v) is 2.54. The predicted molar refractivity (Wildman–Crippen MR) is 71.8 cm³/mol. The number of anilines is 2. The molecule has 2 rings (SSSR count). The molecule has 0 atom stereocenters. The molecular formula is C14H14N2O2. The van der Waals surface area contributed by atoms with Crippen molar-refractivity contribution in [2.45, 2.75) is 0 Å². The number of hydrogen-bond donors (Lipinski definition) is 2. The van der Waals surface area contributed by atoms with Crippen molar-refractivity contribution in [2.24, 2.45) is 0 Å². The average Bonchev–Trinajstić information content (AvgIpc) is 2.42. The Morgan fingerprint density at radius 1 is 1.17 bits per heavy atom. The summed E-state index contributed by atoms with van der Waals surface area (Å²) in [6.45, 7) is 0. The van der Waals surface area contributed by atoms with Gasteiger partial charge in [0.25, 0.3) is 5.91 Å². The quantitative estimate of drug-likeness (QED) is 0.813. The van der Waals surface area contributed by atoms with E-state index in [1.54, 1.807) is 37.4 Å². The van der Waals surface area contributed by atoms with E-state index in [9.17, 15) is 4.79 Å². The predicted octanol–water partition coefficient (Wildman–Crippen LogP) is 2.53. The first kappa shape index (κ1) is 12.0. The molecule has 0 aromatic heterocycles. The largest absolute Gasteiger partial charge is 0.497 e. The lowest BCUT2D eigenvalue weighted by atomic mass is 10.2. The van der Waals surface area contributed by atoms with Gasteiger partial charge >= 0.3 is 0 Å². The topological polar surface area (TPSA) is 64.3 Å². The van der Waals surface area contributed by atoms with Gasteiger partial charge in [-0.05, 0) is 24.3 Å². The van der Waals surface area contributed by atoms with Gasteiger partial charge in [-0.2, -0.15) is 0 Å². The van der Waals surface area contributed by atoms with Crippen molar-refractivity contribution in [3.8, 4) is 5.75 Å². The third-order valence-electron chi connectivity index (χ3n) is 2.54. The zero-order chi connectivity index (χ0) is 13.0. The molecule has 0 spiro atoms. The number of nitrogens with two attached hydrogens (primary N) is 1. The van der Waals surface area contributed by atoms with Crippen LogP contribution in [0.25, 0.3) is 0 Å². The maximum atomic E-state index is 12.0. The smallest absolute Gasteiger partial charge is 0.255 e. The summed E-state index contributed by atoms with van der Waals surface area (Å²) in [7, 11) is 1.56. The first-order valence-electron chi connectivity index (χ1n) is 5.50. The van der Waals surface area contributed by atoms with Gasteiger partial charge in [-0.3, -0.25) is 4.79 Å². The zero-order valence-electron chi connectivity index (χ0n) is 10.0. The second kappa shape index (κ2) is 5.23. The molecule has 0 fully saturated rings.